The lowest BCUT2D eigenvalue weighted by Gasteiger charge is -2.12. The third-order valence-corrected chi connectivity index (χ3v) is 4.12. The van der Waals surface area contributed by atoms with Gasteiger partial charge in [-0.25, -0.2) is 12.8 Å². The first-order chi connectivity index (χ1) is 5.84. The molecule has 7 heteroatoms. The van der Waals surface area contributed by atoms with Crippen molar-refractivity contribution in [2.45, 2.75) is 12.8 Å². The lowest BCUT2D eigenvalue weighted by Crippen LogP contribution is -2.03. The molecule has 0 radical (unpaired) electrons. The Hall–Kier alpha value is 0.230. The van der Waals surface area contributed by atoms with E-state index in [0.29, 0.717) is 0 Å². The molecule has 0 saturated carbocycles. The van der Waals surface area contributed by atoms with Crippen molar-refractivity contribution in [1.82, 2.24) is 0 Å². The summed E-state index contributed by atoms with van der Waals surface area (Å²) in [5.74, 6) is -0.615. The molecule has 0 amide bonds. The van der Waals surface area contributed by atoms with Crippen LogP contribution in [0.1, 0.15) is 12.8 Å². The number of rotatable bonds is 1. The molecule has 13 heavy (non-hydrogen) atoms. The maximum absolute atomic E-state index is 12.8. The lowest BCUT2D eigenvalue weighted by molar-refractivity contribution is 0.577. The molecular formula is C6H4Cl3FO2S. The summed E-state index contributed by atoms with van der Waals surface area (Å²) in [6.45, 7) is 0. The van der Waals surface area contributed by atoms with Gasteiger partial charge in [-0.15, -0.1) is 0 Å². The summed E-state index contributed by atoms with van der Waals surface area (Å²) >= 11 is 10.9. The van der Waals surface area contributed by atoms with Gasteiger partial charge in [-0.05, 0) is 6.42 Å². The molecule has 1 aliphatic rings. The smallest absolute Gasteiger partial charge is 0.210 e. The predicted molar refractivity (Wildman–Crippen MR) is 50.9 cm³/mol. The molecule has 0 aromatic carbocycles. The molecule has 0 aromatic heterocycles. The van der Waals surface area contributed by atoms with Gasteiger partial charge in [0.15, 0.2) is 0 Å². The van der Waals surface area contributed by atoms with Crippen LogP contribution in [0, 0.1) is 0 Å². The Morgan fingerprint density at radius 2 is 1.69 bits per heavy atom. The van der Waals surface area contributed by atoms with Crippen LogP contribution in [-0.4, -0.2) is 8.42 Å². The van der Waals surface area contributed by atoms with Crippen molar-refractivity contribution >= 4 is 42.9 Å². The number of halogens is 4. The quantitative estimate of drug-likeness (QED) is 0.682. The van der Waals surface area contributed by atoms with Gasteiger partial charge >= 0.3 is 0 Å². The van der Waals surface area contributed by atoms with E-state index < -0.39 is 14.9 Å². The lowest BCUT2D eigenvalue weighted by atomic mass is 10.2. The van der Waals surface area contributed by atoms with E-state index in [9.17, 15) is 12.8 Å². The summed E-state index contributed by atoms with van der Waals surface area (Å²) < 4.78 is 34.5. The molecule has 0 fully saturated rings. The summed E-state index contributed by atoms with van der Waals surface area (Å²) in [4.78, 5) is -0.220. The van der Waals surface area contributed by atoms with Gasteiger partial charge in [0, 0.05) is 17.1 Å². The second-order valence-corrected chi connectivity index (χ2v) is 5.74. The molecule has 0 aromatic rings. The molecule has 0 heterocycles. The average Bonchev–Trinajstić information content (AvgIpc) is 1.98. The van der Waals surface area contributed by atoms with Gasteiger partial charge in [0.1, 0.15) is 5.83 Å². The van der Waals surface area contributed by atoms with Gasteiger partial charge < -0.3 is 0 Å². The van der Waals surface area contributed by atoms with E-state index in [1.54, 1.807) is 0 Å². The van der Waals surface area contributed by atoms with Crippen LogP contribution in [0.2, 0.25) is 0 Å². The molecule has 1 aliphatic carbocycles. The van der Waals surface area contributed by atoms with Crippen molar-refractivity contribution in [1.29, 1.82) is 0 Å². The number of hydrogen-bond acceptors (Lipinski definition) is 2. The SMILES string of the molecule is O=S(=O)(Cl)C1=C(Cl)C(Cl)=C(F)CC1. The predicted octanol–water partition coefficient (Wildman–Crippen LogP) is 3.22. The molecule has 2 nitrogen and oxygen atoms in total. The van der Waals surface area contributed by atoms with Gasteiger partial charge in [-0.2, -0.15) is 0 Å². The zero-order valence-electron chi connectivity index (χ0n) is 6.15. The molecule has 0 bridgehead atoms. The molecule has 0 unspecified atom stereocenters. The maximum atomic E-state index is 12.8. The summed E-state index contributed by atoms with van der Waals surface area (Å²) in [5, 5.41) is -0.687. The largest absolute Gasteiger partial charge is 0.259 e. The Morgan fingerprint density at radius 3 is 2.15 bits per heavy atom. The van der Waals surface area contributed by atoms with Crippen LogP contribution in [0.15, 0.2) is 20.8 Å². The average molecular weight is 266 g/mol. The normalized spacial score (nSPS) is 19.7. The Morgan fingerprint density at radius 1 is 1.15 bits per heavy atom. The Kier molecular flexibility index (Phi) is 3.28. The van der Waals surface area contributed by atoms with Gasteiger partial charge in [-0.3, -0.25) is 0 Å². The second-order valence-electron chi connectivity index (χ2n) is 2.39. The van der Waals surface area contributed by atoms with Crippen LogP contribution in [-0.2, 0) is 9.05 Å². The molecule has 0 aliphatic heterocycles. The molecular weight excluding hydrogens is 261 g/mol. The topological polar surface area (TPSA) is 34.1 Å². The van der Waals surface area contributed by atoms with Gasteiger partial charge in [0.2, 0.25) is 0 Å². The van der Waals surface area contributed by atoms with Gasteiger partial charge in [0.25, 0.3) is 9.05 Å². The summed E-state index contributed by atoms with van der Waals surface area (Å²) in [6.07, 6.45) is -0.136. The molecule has 1 rings (SSSR count). The fourth-order valence-corrected chi connectivity index (χ4v) is 2.92. The first-order valence-corrected chi connectivity index (χ1v) is 6.28. The Bertz CT molecular complexity index is 396. The van der Waals surface area contributed by atoms with Crippen LogP contribution < -0.4 is 0 Å². The summed E-state index contributed by atoms with van der Waals surface area (Å²) in [7, 11) is 1.15. The third kappa shape index (κ3) is 2.37. The van der Waals surface area contributed by atoms with E-state index in [0.717, 1.165) is 0 Å². The van der Waals surface area contributed by atoms with Crippen LogP contribution in [0.5, 0.6) is 0 Å². The third-order valence-electron chi connectivity index (χ3n) is 1.54. The zero-order chi connectivity index (χ0) is 10.2. The second kappa shape index (κ2) is 3.77. The highest BCUT2D eigenvalue weighted by molar-refractivity contribution is 8.16. The summed E-state index contributed by atoms with van der Waals surface area (Å²) in [6, 6.07) is 0. The van der Waals surface area contributed by atoms with Crippen LogP contribution in [0.25, 0.3) is 0 Å². The van der Waals surface area contributed by atoms with Crippen LogP contribution in [0.3, 0.4) is 0 Å². The molecule has 0 atom stereocenters. The van der Waals surface area contributed by atoms with E-state index in [1.807, 2.05) is 0 Å². The zero-order valence-corrected chi connectivity index (χ0v) is 9.24. The van der Waals surface area contributed by atoms with Crippen molar-refractivity contribution in [3.8, 4) is 0 Å². The Balaban J connectivity index is 3.29. The number of allylic oxidation sites excluding steroid dienone is 4. The van der Waals surface area contributed by atoms with Crippen molar-refractivity contribution in [3.05, 3.63) is 20.8 Å². The molecule has 74 valence electrons. The molecule has 0 saturated heterocycles. The van der Waals surface area contributed by atoms with E-state index in [4.69, 9.17) is 33.9 Å². The molecule has 0 N–H and O–H groups in total. The highest BCUT2D eigenvalue weighted by Crippen LogP contribution is 2.38. The minimum atomic E-state index is -3.90. The van der Waals surface area contributed by atoms with E-state index in [-0.39, 0.29) is 27.8 Å². The van der Waals surface area contributed by atoms with Crippen molar-refractivity contribution in [2.75, 3.05) is 0 Å². The fourth-order valence-electron chi connectivity index (χ4n) is 0.913. The first-order valence-electron chi connectivity index (χ1n) is 3.22. The van der Waals surface area contributed by atoms with E-state index in [2.05, 4.69) is 0 Å². The standard InChI is InChI=1S/C6H4Cl3FO2S/c7-5-3(10)1-2-4(6(5)8)13(9,11)12/h1-2H2. The van der Waals surface area contributed by atoms with Crippen molar-refractivity contribution < 1.29 is 12.8 Å². The van der Waals surface area contributed by atoms with Crippen LogP contribution in [0.4, 0.5) is 4.39 Å². The minimum absolute atomic E-state index is 0.0489. The fraction of sp³-hybridized carbons (Fsp3) is 0.333. The number of hydrogen-bond donors (Lipinski definition) is 0. The molecule has 0 spiro atoms. The maximum Gasteiger partial charge on any atom is 0.259 e. The van der Waals surface area contributed by atoms with Gasteiger partial charge in [-0.1, -0.05) is 23.2 Å². The van der Waals surface area contributed by atoms with Crippen LogP contribution >= 0.6 is 33.9 Å². The monoisotopic (exact) mass is 264 g/mol. The first kappa shape index (κ1) is 11.3. The summed E-state index contributed by atoms with van der Waals surface area (Å²) in [5.41, 5.74) is 0. The minimum Gasteiger partial charge on any atom is -0.210 e. The highest BCUT2D eigenvalue weighted by atomic mass is 35.7. The van der Waals surface area contributed by atoms with E-state index in [1.165, 1.54) is 0 Å². The van der Waals surface area contributed by atoms with Crippen molar-refractivity contribution in [3.63, 3.8) is 0 Å². The Labute approximate surface area is 89.4 Å². The van der Waals surface area contributed by atoms with Gasteiger partial charge in [0.05, 0.1) is 15.0 Å². The highest BCUT2D eigenvalue weighted by Gasteiger charge is 2.26. The van der Waals surface area contributed by atoms with Crippen molar-refractivity contribution in [2.24, 2.45) is 0 Å². The van der Waals surface area contributed by atoms with E-state index >= 15 is 0 Å².